The second-order valence-corrected chi connectivity index (χ2v) is 4.26. The molecule has 0 saturated heterocycles. The first-order valence-corrected chi connectivity index (χ1v) is 6.28. The van der Waals surface area contributed by atoms with Crippen LogP contribution in [-0.2, 0) is 4.79 Å². The normalized spacial score (nSPS) is 11.4. The van der Waals surface area contributed by atoms with E-state index in [0.717, 1.165) is 6.42 Å². The molecule has 1 atom stereocenters. The van der Waals surface area contributed by atoms with Crippen LogP contribution in [0.4, 0.5) is 10.1 Å². The molecule has 0 radical (unpaired) electrons. The molecule has 102 valence electrons. The van der Waals surface area contributed by atoms with Gasteiger partial charge < -0.3 is 10.4 Å². The highest BCUT2D eigenvalue weighted by Crippen LogP contribution is 2.17. The van der Waals surface area contributed by atoms with Crippen molar-refractivity contribution in [2.24, 2.45) is 5.92 Å². The zero-order valence-corrected chi connectivity index (χ0v) is 11.2. The molecular formula is C15H18FNO2. The SMILES string of the molecule is CCC(C)C(=O)Nc1ccc(F)cc1C#CCCO. The lowest BCUT2D eigenvalue weighted by atomic mass is 10.1. The molecule has 1 amide bonds. The summed E-state index contributed by atoms with van der Waals surface area (Å²) >= 11 is 0. The van der Waals surface area contributed by atoms with Crippen molar-refractivity contribution in [1.82, 2.24) is 0 Å². The molecule has 1 aromatic carbocycles. The minimum Gasteiger partial charge on any atom is -0.395 e. The fraction of sp³-hybridized carbons (Fsp3) is 0.400. The van der Waals surface area contributed by atoms with Crippen LogP contribution in [0.3, 0.4) is 0 Å². The van der Waals surface area contributed by atoms with Gasteiger partial charge in [-0.2, -0.15) is 0 Å². The zero-order chi connectivity index (χ0) is 14.3. The monoisotopic (exact) mass is 263 g/mol. The van der Waals surface area contributed by atoms with E-state index in [0.29, 0.717) is 17.7 Å². The smallest absolute Gasteiger partial charge is 0.227 e. The summed E-state index contributed by atoms with van der Waals surface area (Å²) in [6.07, 6.45) is 1.05. The summed E-state index contributed by atoms with van der Waals surface area (Å²) in [5, 5.41) is 11.4. The van der Waals surface area contributed by atoms with Gasteiger partial charge in [-0.15, -0.1) is 0 Å². The number of benzene rings is 1. The van der Waals surface area contributed by atoms with E-state index >= 15 is 0 Å². The Morgan fingerprint density at radius 1 is 1.53 bits per heavy atom. The van der Waals surface area contributed by atoms with Gasteiger partial charge in [0, 0.05) is 12.3 Å². The average Bonchev–Trinajstić information content (AvgIpc) is 2.40. The number of hydrogen-bond acceptors (Lipinski definition) is 2. The van der Waals surface area contributed by atoms with E-state index in [4.69, 9.17) is 5.11 Å². The molecule has 0 fully saturated rings. The number of hydrogen-bond donors (Lipinski definition) is 2. The predicted octanol–water partition coefficient (Wildman–Crippen LogP) is 2.54. The Morgan fingerprint density at radius 3 is 2.89 bits per heavy atom. The first kappa shape index (κ1) is 15.2. The predicted molar refractivity (Wildman–Crippen MR) is 73.1 cm³/mol. The van der Waals surface area contributed by atoms with Crippen LogP contribution in [-0.4, -0.2) is 17.6 Å². The topological polar surface area (TPSA) is 49.3 Å². The van der Waals surface area contributed by atoms with Crippen LogP contribution in [0.25, 0.3) is 0 Å². The van der Waals surface area contributed by atoms with E-state index in [-0.39, 0.29) is 18.4 Å². The van der Waals surface area contributed by atoms with Crippen LogP contribution >= 0.6 is 0 Å². The van der Waals surface area contributed by atoms with Gasteiger partial charge in [0.25, 0.3) is 0 Å². The largest absolute Gasteiger partial charge is 0.395 e. The van der Waals surface area contributed by atoms with Gasteiger partial charge in [-0.3, -0.25) is 4.79 Å². The van der Waals surface area contributed by atoms with Crippen molar-refractivity contribution in [2.75, 3.05) is 11.9 Å². The lowest BCUT2D eigenvalue weighted by Gasteiger charge is -2.11. The van der Waals surface area contributed by atoms with Crippen molar-refractivity contribution in [3.63, 3.8) is 0 Å². The molecule has 2 N–H and O–H groups in total. The van der Waals surface area contributed by atoms with E-state index in [9.17, 15) is 9.18 Å². The van der Waals surface area contributed by atoms with Crippen LogP contribution in [0.15, 0.2) is 18.2 Å². The molecule has 0 bridgehead atoms. The third-order valence-electron chi connectivity index (χ3n) is 2.76. The van der Waals surface area contributed by atoms with Crippen molar-refractivity contribution >= 4 is 11.6 Å². The van der Waals surface area contributed by atoms with Crippen molar-refractivity contribution in [2.45, 2.75) is 26.7 Å². The maximum Gasteiger partial charge on any atom is 0.227 e. The lowest BCUT2D eigenvalue weighted by molar-refractivity contribution is -0.119. The molecule has 19 heavy (non-hydrogen) atoms. The number of halogens is 1. The van der Waals surface area contributed by atoms with E-state index in [1.807, 2.05) is 13.8 Å². The maximum atomic E-state index is 13.2. The molecule has 0 aliphatic heterocycles. The van der Waals surface area contributed by atoms with Gasteiger partial charge >= 0.3 is 0 Å². The second-order valence-electron chi connectivity index (χ2n) is 4.26. The van der Waals surface area contributed by atoms with Crippen LogP contribution in [0, 0.1) is 23.6 Å². The summed E-state index contributed by atoms with van der Waals surface area (Å²) in [6, 6.07) is 4.05. The van der Waals surface area contributed by atoms with Gasteiger partial charge in [-0.05, 0) is 24.6 Å². The third-order valence-corrected chi connectivity index (χ3v) is 2.76. The van der Waals surface area contributed by atoms with Crippen molar-refractivity contribution in [3.05, 3.63) is 29.6 Å². The van der Waals surface area contributed by atoms with Crippen LogP contribution in [0.2, 0.25) is 0 Å². The number of anilines is 1. The Labute approximate surface area is 112 Å². The highest BCUT2D eigenvalue weighted by atomic mass is 19.1. The minimum atomic E-state index is -0.408. The van der Waals surface area contributed by atoms with Crippen molar-refractivity contribution < 1.29 is 14.3 Å². The summed E-state index contributed by atoms with van der Waals surface area (Å²) in [6.45, 7) is 3.71. The highest BCUT2D eigenvalue weighted by molar-refractivity contribution is 5.93. The zero-order valence-electron chi connectivity index (χ0n) is 11.2. The number of carbonyl (C=O) groups is 1. The molecule has 4 heteroatoms. The third kappa shape index (κ3) is 4.72. The molecule has 0 heterocycles. The number of aliphatic hydroxyl groups is 1. The molecule has 0 spiro atoms. The Hall–Kier alpha value is -1.86. The van der Waals surface area contributed by atoms with Crippen LogP contribution in [0.5, 0.6) is 0 Å². The van der Waals surface area contributed by atoms with E-state index in [1.54, 1.807) is 0 Å². The lowest BCUT2D eigenvalue weighted by Crippen LogP contribution is -2.20. The standard InChI is InChI=1S/C15H18FNO2/c1-3-11(2)15(19)17-14-8-7-13(16)10-12(14)6-4-5-9-18/h7-8,10-11,18H,3,5,9H2,1-2H3,(H,17,19). The first-order chi connectivity index (χ1) is 9.08. The molecule has 1 rings (SSSR count). The molecule has 0 saturated carbocycles. The number of amides is 1. The highest BCUT2D eigenvalue weighted by Gasteiger charge is 2.12. The fourth-order valence-electron chi connectivity index (χ4n) is 1.38. The number of nitrogens with one attached hydrogen (secondary N) is 1. The van der Waals surface area contributed by atoms with Gasteiger partial charge in [0.2, 0.25) is 5.91 Å². The maximum absolute atomic E-state index is 13.2. The van der Waals surface area contributed by atoms with Crippen molar-refractivity contribution in [3.8, 4) is 11.8 Å². The summed E-state index contributed by atoms with van der Waals surface area (Å²) in [5.41, 5.74) is 0.919. The van der Waals surface area contributed by atoms with Gasteiger partial charge in [-0.25, -0.2) is 4.39 Å². The van der Waals surface area contributed by atoms with Crippen LogP contribution < -0.4 is 5.32 Å². The molecule has 0 aliphatic carbocycles. The molecule has 0 aliphatic rings. The number of carbonyl (C=O) groups excluding carboxylic acids is 1. The Balaban J connectivity index is 2.94. The van der Waals surface area contributed by atoms with Gasteiger partial charge in [-0.1, -0.05) is 25.7 Å². The number of rotatable bonds is 4. The van der Waals surface area contributed by atoms with Gasteiger partial charge in [0.15, 0.2) is 0 Å². The molecule has 0 aromatic heterocycles. The summed E-state index contributed by atoms with van der Waals surface area (Å²) in [5.74, 6) is 4.84. The minimum absolute atomic E-state index is 0.0448. The summed E-state index contributed by atoms with van der Waals surface area (Å²) in [7, 11) is 0. The molecule has 3 nitrogen and oxygen atoms in total. The van der Waals surface area contributed by atoms with E-state index in [2.05, 4.69) is 17.2 Å². The van der Waals surface area contributed by atoms with E-state index < -0.39 is 5.82 Å². The Kier molecular flexibility index (Phi) is 6.04. The second kappa shape index (κ2) is 7.55. The molecule has 1 unspecified atom stereocenters. The molecular weight excluding hydrogens is 245 g/mol. The number of aliphatic hydroxyl groups excluding tert-OH is 1. The summed E-state index contributed by atoms with van der Waals surface area (Å²) in [4.78, 5) is 11.8. The average molecular weight is 263 g/mol. The van der Waals surface area contributed by atoms with Gasteiger partial charge in [0.05, 0.1) is 17.9 Å². The Bertz CT molecular complexity index is 503. The van der Waals surface area contributed by atoms with E-state index in [1.165, 1.54) is 18.2 Å². The van der Waals surface area contributed by atoms with Crippen LogP contribution in [0.1, 0.15) is 32.3 Å². The van der Waals surface area contributed by atoms with Crippen molar-refractivity contribution in [1.29, 1.82) is 0 Å². The van der Waals surface area contributed by atoms with Gasteiger partial charge in [0.1, 0.15) is 5.82 Å². The molecule has 1 aromatic rings. The first-order valence-electron chi connectivity index (χ1n) is 6.28. The summed E-state index contributed by atoms with van der Waals surface area (Å²) < 4.78 is 13.2. The quantitative estimate of drug-likeness (QED) is 0.820. The fourth-order valence-corrected chi connectivity index (χ4v) is 1.38. The Morgan fingerprint density at radius 2 is 2.26 bits per heavy atom.